The highest BCUT2D eigenvalue weighted by atomic mass is 32.2. The van der Waals surface area contributed by atoms with Crippen LogP contribution in [0.15, 0.2) is 0 Å². The lowest BCUT2D eigenvalue weighted by molar-refractivity contribution is -0.134. The van der Waals surface area contributed by atoms with Crippen LogP contribution in [0.2, 0.25) is 0 Å². The lowest BCUT2D eigenvalue weighted by atomic mass is 10.1. The zero-order valence-corrected chi connectivity index (χ0v) is 14.0. The van der Waals surface area contributed by atoms with E-state index >= 15 is 0 Å². The minimum absolute atomic E-state index is 0.0564. The molecule has 0 aromatic rings. The number of nitrogens with one attached hydrogen (secondary N) is 1. The highest BCUT2D eigenvalue weighted by Crippen LogP contribution is 2.18. The van der Waals surface area contributed by atoms with Gasteiger partial charge in [-0.05, 0) is 27.2 Å². The molecule has 2 rings (SSSR count). The molecule has 2 aliphatic heterocycles. The molecule has 0 saturated carbocycles. The highest BCUT2D eigenvalue weighted by molar-refractivity contribution is 7.91. The molecule has 0 aliphatic carbocycles. The lowest BCUT2D eigenvalue weighted by Crippen LogP contribution is -2.57. The third kappa shape index (κ3) is 4.40. The number of sulfone groups is 1. The normalized spacial score (nSPS) is 33.0. The Balaban J connectivity index is 1.94. The summed E-state index contributed by atoms with van der Waals surface area (Å²) in [4.78, 5) is 16.4. The lowest BCUT2D eigenvalue weighted by Gasteiger charge is -2.37. The molecular formula is C14H27N3O3S. The second kappa shape index (κ2) is 6.62. The van der Waals surface area contributed by atoms with Crippen LogP contribution in [0.3, 0.4) is 0 Å². The van der Waals surface area contributed by atoms with Crippen LogP contribution >= 0.6 is 0 Å². The van der Waals surface area contributed by atoms with Crippen molar-refractivity contribution in [1.29, 1.82) is 0 Å². The van der Waals surface area contributed by atoms with Crippen molar-refractivity contribution in [2.45, 2.75) is 45.3 Å². The number of hydrogen-bond acceptors (Lipinski definition) is 5. The predicted octanol–water partition coefficient (Wildman–Crippen LogP) is -0.296. The van der Waals surface area contributed by atoms with E-state index in [1.807, 2.05) is 6.92 Å². The summed E-state index contributed by atoms with van der Waals surface area (Å²) in [5, 5.41) is 3.45. The van der Waals surface area contributed by atoms with Gasteiger partial charge in [-0.3, -0.25) is 9.69 Å². The zero-order valence-electron chi connectivity index (χ0n) is 13.2. The Labute approximate surface area is 127 Å². The third-order valence-electron chi connectivity index (χ3n) is 4.30. The van der Waals surface area contributed by atoms with Crippen LogP contribution in [0.25, 0.3) is 0 Å². The van der Waals surface area contributed by atoms with Gasteiger partial charge in [0.15, 0.2) is 9.84 Å². The van der Waals surface area contributed by atoms with E-state index in [2.05, 4.69) is 24.1 Å². The average Bonchev–Trinajstić information content (AvgIpc) is 2.69. The molecule has 3 atom stereocenters. The topological polar surface area (TPSA) is 69.7 Å². The molecule has 7 heteroatoms. The summed E-state index contributed by atoms with van der Waals surface area (Å²) < 4.78 is 23.2. The summed E-state index contributed by atoms with van der Waals surface area (Å²) >= 11 is 0. The Morgan fingerprint density at radius 2 is 1.90 bits per heavy atom. The SMILES string of the molecule is CCN(C(=O)CN1CC(C)NC(C)C1)C1CCS(=O)(=O)C1. The number of nitrogens with zero attached hydrogens (tertiary/aromatic N) is 2. The Kier molecular flexibility index (Phi) is 5.27. The van der Waals surface area contributed by atoms with Gasteiger partial charge in [-0.25, -0.2) is 8.42 Å². The van der Waals surface area contributed by atoms with E-state index in [0.29, 0.717) is 31.6 Å². The summed E-state index contributed by atoms with van der Waals surface area (Å²) in [6.45, 7) is 8.85. The molecule has 3 unspecified atom stereocenters. The molecule has 0 radical (unpaired) electrons. The molecule has 2 heterocycles. The number of hydrogen-bond donors (Lipinski definition) is 1. The van der Waals surface area contributed by atoms with Gasteiger partial charge in [0.05, 0.1) is 18.1 Å². The average molecular weight is 317 g/mol. The predicted molar refractivity (Wildman–Crippen MR) is 82.9 cm³/mol. The Bertz CT molecular complexity index is 470. The first kappa shape index (κ1) is 16.7. The minimum atomic E-state index is -2.95. The monoisotopic (exact) mass is 317 g/mol. The molecule has 1 amide bonds. The maximum absolute atomic E-state index is 12.5. The molecule has 2 fully saturated rings. The summed E-state index contributed by atoms with van der Waals surface area (Å²) in [5.41, 5.74) is 0. The molecule has 21 heavy (non-hydrogen) atoms. The summed E-state index contributed by atoms with van der Waals surface area (Å²) in [6, 6.07) is 0.622. The van der Waals surface area contributed by atoms with E-state index in [-0.39, 0.29) is 23.5 Å². The molecule has 1 N–H and O–H groups in total. The van der Waals surface area contributed by atoms with Crippen LogP contribution in [-0.4, -0.2) is 79.9 Å². The van der Waals surface area contributed by atoms with Gasteiger partial charge in [0, 0.05) is 37.8 Å². The van der Waals surface area contributed by atoms with Crippen LogP contribution < -0.4 is 5.32 Å². The number of rotatable bonds is 4. The smallest absolute Gasteiger partial charge is 0.237 e. The van der Waals surface area contributed by atoms with Gasteiger partial charge < -0.3 is 10.2 Å². The van der Waals surface area contributed by atoms with E-state index < -0.39 is 9.84 Å². The fourth-order valence-corrected chi connectivity index (χ4v) is 5.24. The quantitative estimate of drug-likeness (QED) is 0.771. The molecule has 6 nitrogen and oxygen atoms in total. The van der Waals surface area contributed by atoms with Gasteiger partial charge in [0.25, 0.3) is 0 Å². The Morgan fingerprint density at radius 1 is 1.29 bits per heavy atom. The highest BCUT2D eigenvalue weighted by Gasteiger charge is 2.34. The molecule has 0 bridgehead atoms. The maximum atomic E-state index is 12.5. The van der Waals surface area contributed by atoms with Crippen molar-refractivity contribution in [2.75, 3.05) is 37.7 Å². The van der Waals surface area contributed by atoms with E-state index in [0.717, 1.165) is 13.1 Å². The van der Waals surface area contributed by atoms with E-state index in [1.165, 1.54) is 0 Å². The van der Waals surface area contributed by atoms with Crippen molar-refractivity contribution in [1.82, 2.24) is 15.1 Å². The van der Waals surface area contributed by atoms with E-state index in [4.69, 9.17) is 0 Å². The van der Waals surface area contributed by atoms with Crippen LogP contribution in [-0.2, 0) is 14.6 Å². The first-order chi connectivity index (χ1) is 9.80. The summed E-state index contributed by atoms with van der Waals surface area (Å²) in [6.07, 6.45) is 0.580. The molecular weight excluding hydrogens is 290 g/mol. The second-order valence-corrected chi connectivity index (χ2v) is 8.63. The fraction of sp³-hybridized carbons (Fsp3) is 0.929. The Hall–Kier alpha value is -0.660. The molecule has 0 spiro atoms. The first-order valence-electron chi connectivity index (χ1n) is 7.79. The molecule has 2 saturated heterocycles. The number of amides is 1. The van der Waals surface area contributed by atoms with Crippen LogP contribution in [0, 0.1) is 0 Å². The largest absolute Gasteiger partial charge is 0.338 e. The van der Waals surface area contributed by atoms with E-state index in [1.54, 1.807) is 4.90 Å². The van der Waals surface area contributed by atoms with E-state index in [9.17, 15) is 13.2 Å². The molecule has 2 aliphatic rings. The van der Waals surface area contributed by atoms with Crippen molar-refractivity contribution in [3.63, 3.8) is 0 Å². The minimum Gasteiger partial charge on any atom is -0.338 e. The molecule has 122 valence electrons. The van der Waals surface area contributed by atoms with Gasteiger partial charge in [-0.2, -0.15) is 0 Å². The standard InChI is InChI=1S/C14H27N3O3S/c1-4-17(13-5-6-21(19,20)10-13)14(18)9-16-7-11(2)15-12(3)8-16/h11-13,15H,4-10H2,1-3H3. The van der Waals surface area contributed by atoms with Crippen molar-refractivity contribution in [3.05, 3.63) is 0 Å². The van der Waals surface area contributed by atoms with Crippen molar-refractivity contribution < 1.29 is 13.2 Å². The van der Waals surface area contributed by atoms with Gasteiger partial charge in [0.2, 0.25) is 5.91 Å². The maximum Gasteiger partial charge on any atom is 0.237 e. The number of likely N-dealkylation sites (N-methyl/N-ethyl adjacent to an activating group) is 1. The van der Waals surface area contributed by atoms with Gasteiger partial charge in [0.1, 0.15) is 0 Å². The van der Waals surface area contributed by atoms with Gasteiger partial charge in [-0.15, -0.1) is 0 Å². The van der Waals surface area contributed by atoms with Crippen LogP contribution in [0.1, 0.15) is 27.2 Å². The van der Waals surface area contributed by atoms with Crippen LogP contribution in [0.5, 0.6) is 0 Å². The molecule has 0 aromatic heterocycles. The Morgan fingerprint density at radius 3 is 2.38 bits per heavy atom. The van der Waals surface area contributed by atoms with Crippen molar-refractivity contribution in [3.8, 4) is 0 Å². The number of carbonyl (C=O) groups is 1. The van der Waals surface area contributed by atoms with Gasteiger partial charge >= 0.3 is 0 Å². The summed E-state index contributed by atoms with van der Waals surface area (Å²) in [5.74, 6) is 0.394. The first-order valence-corrected chi connectivity index (χ1v) is 9.61. The number of carbonyl (C=O) groups excluding carboxylic acids is 1. The second-order valence-electron chi connectivity index (χ2n) is 6.40. The zero-order chi connectivity index (χ0) is 15.6. The number of piperazine rings is 1. The van der Waals surface area contributed by atoms with Crippen molar-refractivity contribution in [2.24, 2.45) is 0 Å². The van der Waals surface area contributed by atoms with Crippen LogP contribution in [0.4, 0.5) is 0 Å². The summed E-state index contributed by atoms with van der Waals surface area (Å²) in [7, 11) is -2.95. The molecule has 0 aromatic carbocycles. The van der Waals surface area contributed by atoms with Gasteiger partial charge in [-0.1, -0.05) is 0 Å². The third-order valence-corrected chi connectivity index (χ3v) is 6.05. The van der Waals surface area contributed by atoms with Crippen molar-refractivity contribution >= 4 is 15.7 Å². The fourth-order valence-electron chi connectivity index (χ4n) is 3.51.